The van der Waals surface area contributed by atoms with E-state index in [-0.39, 0.29) is 16.1 Å². The van der Waals surface area contributed by atoms with Gasteiger partial charge in [0.2, 0.25) is 5.78 Å². The molecule has 26 heavy (non-hydrogen) atoms. The zero-order valence-corrected chi connectivity index (χ0v) is 19.1. The third-order valence-corrected chi connectivity index (χ3v) is 8.45. The fraction of sp³-hybridized carbons (Fsp3) is 0.895. The number of rotatable bonds is 17. The van der Waals surface area contributed by atoms with Crippen molar-refractivity contribution in [2.24, 2.45) is 0 Å². The van der Waals surface area contributed by atoms with Crippen LogP contribution in [0.5, 0.6) is 0 Å². The summed E-state index contributed by atoms with van der Waals surface area (Å²) >= 11 is 1.18. The molecular formula is C19H38O5SSi. The number of ketones is 1. The van der Waals surface area contributed by atoms with E-state index in [2.05, 4.69) is 6.92 Å². The normalized spacial score (nSPS) is 13.0. The standard InChI is InChI=1S/C19H38O5SSi/c1-6-10-11-12-13-14-18(25-19(21)17(5)20)15-16-26(22-7-2,23-8-3)24-9-4/h18H,6-16H2,1-5H3. The van der Waals surface area contributed by atoms with Gasteiger partial charge in [-0.3, -0.25) is 9.59 Å². The molecule has 0 heterocycles. The molecule has 0 aliphatic carbocycles. The lowest BCUT2D eigenvalue weighted by molar-refractivity contribution is -0.130. The predicted octanol–water partition coefficient (Wildman–Crippen LogP) is 5.00. The maximum atomic E-state index is 11.9. The van der Waals surface area contributed by atoms with Gasteiger partial charge in [0, 0.05) is 38.0 Å². The summed E-state index contributed by atoms with van der Waals surface area (Å²) in [7, 11) is -2.71. The number of hydrogen-bond donors (Lipinski definition) is 0. The van der Waals surface area contributed by atoms with Crippen molar-refractivity contribution in [1.29, 1.82) is 0 Å². The molecule has 154 valence electrons. The van der Waals surface area contributed by atoms with Crippen LogP contribution in [0, 0.1) is 0 Å². The van der Waals surface area contributed by atoms with Gasteiger partial charge >= 0.3 is 8.80 Å². The molecule has 1 unspecified atom stereocenters. The molecule has 0 bridgehead atoms. The van der Waals surface area contributed by atoms with Crippen molar-refractivity contribution in [1.82, 2.24) is 0 Å². The number of unbranched alkanes of at least 4 members (excludes halogenated alkanes) is 4. The van der Waals surface area contributed by atoms with Crippen LogP contribution in [0.3, 0.4) is 0 Å². The molecule has 0 rings (SSSR count). The minimum Gasteiger partial charge on any atom is -0.374 e. The number of carbonyl (C=O) groups excluding carboxylic acids is 2. The van der Waals surface area contributed by atoms with Gasteiger partial charge < -0.3 is 13.3 Å². The maximum absolute atomic E-state index is 11.9. The van der Waals surface area contributed by atoms with Gasteiger partial charge in [-0.1, -0.05) is 50.8 Å². The Labute approximate surface area is 165 Å². The maximum Gasteiger partial charge on any atom is 0.500 e. The summed E-state index contributed by atoms with van der Waals surface area (Å²) in [5, 5.41) is -0.235. The summed E-state index contributed by atoms with van der Waals surface area (Å²) in [6.45, 7) is 11.0. The van der Waals surface area contributed by atoms with Crippen LogP contribution in [0.15, 0.2) is 0 Å². The smallest absolute Gasteiger partial charge is 0.374 e. The third kappa shape index (κ3) is 11.5. The second-order valence-corrected chi connectivity index (χ2v) is 10.3. The molecule has 0 amide bonds. The Kier molecular flexibility index (Phi) is 15.7. The molecule has 0 fully saturated rings. The molecule has 0 N–H and O–H groups in total. The molecule has 0 saturated carbocycles. The lowest BCUT2D eigenvalue weighted by atomic mass is 10.1. The minimum atomic E-state index is -2.71. The molecule has 0 aromatic carbocycles. The largest absolute Gasteiger partial charge is 0.500 e. The Morgan fingerprint density at radius 1 is 0.846 bits per heavy atom. The highest BCUT2D eigenvalue weighted by molar-refractivity contribution is 8.15. The zero-order chi connectivity index (χ0) is 19.8. The molecule has 0 saturated heterocycles. The third-order valence-electron chi connectivity index (χ3n) is 4.06. The topological polar surface area (TPSA) is 61.8 Å². The van der Waals surface area contributed by atoms with Crippen LogP contribution in [0.4, 0.5) is 0 Å². The summed E-state index contributed by atoms with van der Waals surface area (Å²) in [6, 6.07) is 0.681. The Balaban J connectivity index is 4.81. The van der Waals surface area contributed by atoms with Crippen molar-refractivity contribution in [3.8, 4) is 0 Å². The van der Waals surface area contributed by atoms with Crippen LogP contribution < -0.4 is 0 Å². The number of carbonyl (C=O) groups is 2. The lowest BCUT2D eigenvalue weighted by Gasteiger charge is -2.29. The lowest BCUT2D eigenvalue weighted by Crippen LogP contribution is -2.46. The molecule has 0 aliphatic heterocycles. The van der Waals surface area contributed by atoms with E-state index in [9.17, 15) is 9.59 Å². The van der Waals surface area contributed by atoms with Crippen LogP contribution in [0.1, 0.15) is 79.6 Å². The van der Waals surface area contributed by atoms with E-state index in [4.69, 9.17) is 13.3 Å². The van der Waals surface area contributed by atoms with E-state index in [1.807, 2.05) is 20.8 Å². The minimum absolute atomic E-state index is 0.112. The first-order valence-corrected chi connectivity index (χ1v) is 12.9. The first kappa shape index (κ1) is 25.8. The van der Waals surface area contributed by atoms with Crippen LogP contribution in [0.25, 0.3) is 0 Å². The average molecular weight is 407 g/mol. The van der Waals surface area contributed by atoms with Gasteiger partial charge in [0.1, 0.15) is 0 Å². The summed E-state index contributed by atoms with van der Waals surface area (Å²) in [6.07, 6.45) is 7.64. The van der Waals surface area contributed by atoms with Crippen LogP contribution in [-0.4, -0.2) is 44.8 Å². The van der Waals surface area contributed by atoms with E-state index in [0.717, 1.165) is 19.3 Å². The summed E-state index contributed by atoms with van der Waals surface area (Å²) in [5.41, 5.74) is 0. The van der Waals surface area contributed by atoms with E-state index >= 15 is 0 Å². The SMILES string of the molecule is CCCCCCCC(CC[Si](OCC)(OCC)OCC)SC(=O)C(C)=O. The molecule has 0 radical (unpaired) electrons. The second kappa shape index (κ2) is 15.8. The Morgan fingerprint density at radius 2 is 1.38 bits per heavy atom. The van der Waals surface area contributed by atoms with Gasteiger partial charge in [0.05, 0.1) is 0 Å². The first-order valence-electron chi connectivity index (χ1n) is 10.1. The van der Waals surface area contributed by atoms with Crippen LogP contribution in [-0.2, 0) is 22.9 Å². The molecule has 5 nitrogen and oxygen atoms in total. The van der Waals surface area contributed by atoms with Crippen LogP contribution in [0.2, 0.25) is 6.04 Å². The number of hydrogen-bond acceptors (Lipinski definition) is 6. The van der Waals surface area contributed by atoms with Gasteiger partial charge in [-0.2, -0.15) is 0 Å². The Bertz CT molecular complexity index is 375. The summed E-state index contributed by atoms with van der Waals surface area (Å²) in [5.74, 6) is -0.381. The zero-order valence-electron chi connectivity index (χ0n) is 17.3. The molecule has 7 heteroatoms. The van der Waals surface area contributed by atoms with Crippen molar-refractivity contribution in [3.05, 3.63) is 0 Å². The van der Waals surface area contributed by atoms with Crippen molar-refractivity contribution in [2.75, 3.05) is 19.8 Å². The monoisotopic (exact) mass is 406 g/mol. The second-order valence-electron chi connectivity index (χ2n) is 6.31. The van der Waals surface area contributed by atoms with Gasteiger partial charge in [-0.25, -0.2) is 0 Å². The van der Waals surface area contributed by atoms with Crippen molar-refractivity contribution < 1.29 is 22.9 Å². The molecule has 0 spiro atoms. The molecular weight excluding hydrogens is 368 g/mol. The van der Waals surface area contributed by atoms with E-state index in [1.54, 1.807) is 0 Å². The fourth-order valence-electron chi connectivity index (χ4n) is 2.81. The summed E-state index contributed by atoms with van der Waals surface area (Å²) < 4.78 is 17.7. The highest BCUT2D eigenvalue weighted by atomic mass is 32.2. The number of Topliss-reactive ketones (excluding diaryl/α,β-unsaturated/α-hetero) is 1. The molecule has 0 aliphatic rings. The van der Waals surface area contributed by atoms with E-state index in [0.29, 0.717) is 25.9 Å². The van der Waals surface area contributed by atoms with Gasteiger partial charge in [0.25, 0.3) is 5.12 Å². The van der Waals surface area contributed by atoms with Gasteiger partial charge in [0.15, 0.2) is 0 Å². The first-order chi connectivity index (χ1) is 12.4. The average Bonchev–Trinajstić information content (AvgIpc) is 2.59. The molecule has 0 aromatic rings. The molecule has 0 aromatic heterocycles. The Morgan fingerprint density at radius 3 is 1.85 bits per heavy atom. The predicted molar refractivity (Wildman–Crippen MR) is 110 cm³/mol. The molecule has 1 atom stereocenters. The van der Waals surface area contributed by atoms with Crippen molar-refractivity contribution >= 4 is 31.5 Å². The quantitative estimate of drug-likeness (QED) is 0.192. The van der Waals surface area contributed by atoms with Crippen molar-refractivity contribution in [3.63, 3.8) is 0 Å². The Hall–Kier alpha value is -0.213. The fourth-order valence-corrected chi connectivity index (χ4v) is 6.71. The van der Waals surface area contributed by atoms with Gasteiger partial charge in [-0.15, -0.1) is 0 Å². The highest BCUT2D eigenvalue weighted by Crippen LogP contribution is 2.28. The summed E-state index contributed by atoms with van der Waals surface area (Å²) in [4.78, 5) is 23.3. The number of thioether (sulfide) groups is 1. The van der Waals surface area contributed by atoms with Crippen LogP contribution >= 0.6 is 11.8 Å². The van der Waals surface area contributed by atoms with E-state index < -0.39 is 8.80 Å². The van der Waals surface area contributed by atoms with E-state index in [1.165, 1.54) is 44.4 Å². The van der Waals surface area contributed by atoms with Crippen molar-refractivity contribution in [2.45, 2.75) is 90.9 Å². The highest BCUT2D eigenvalue weighted by Gasteiger charge is 2.40. The van der Waals surface area contributed by atoms with Gasteiger partial charge in [-0.05, 0) is 33.6 Å².